The molecule has 0 fully saturated rings. The summed E-state index contributed by atoms with van der Waals surface area (Å²) in [6.45, 7) is 2.19. The van der Waals surface area contributed by atoms with E-state index in [1.165, 1.54) is 11.8 Å². The Morgan fingerprint density at radius 1 is 1.37 bits per heavy atom. The summed E-state index contributed by atoms with van der Waals surface area (Å²) in [5.74, 6) is 1.63. The van der Waals surface area contributed by atoms with Crippen LogP contribution >= 0.6 is 11.8 Å². The average Bonchev–Trinajstić information content (AvgIpc) is 2.89. The normalized spacial score (nSPS) is 10.4. The van der Waals surface area contributed by atoms with Crippen molar-refractivity contribution in [3.05, 3.63) is 36.2 Å². The van der Waals surface area contributed by atoms with E-state index in [-0.39, 0.29) is 11.7 Å². The standard InChI is InChI=1S/C13H14N2O3S/c1-2-17-12(16)9-19-8-11-14-13(15-18-11)10-6-4-3-5-7-10/h3-7H,2,8-9H2,1H3. The minimum atomic E-state index is -0.227. The minimum absolute atomic E-state index is 0.227. The fourth-order valence-electron chi connectivity index (χ4n) is 1.44. The van der Waals surface area contributed by atoms with Crippen LogP contribution in [0.2, 0.25) is 0 Å². The van der Waals surface area contributed by atoms with Crippen molar-refractivity contribution in [1.29, 1.82) is 0 Å². The highest BCUT2D eigenvalue weighted by molar-refractivity contribution is 7.99. The second-order valence-corrected chi connectivity index (χ2v) is 4.66. The zero-order valence-electron chi connectivity index (χ0n) is 10.5. The fourth-order valence-corrected chi connectivity index (χ4v) is 2.09. The molecule has 0 radical (unpaired) electrons. The molecule has 5 nitrogen and oxygen atoms in total. The highest BCUT2D eigenvalue weighted by Gasteiger charge is 2.09. The molecule has 0 aliphatic heterocycles. The van der Waals surface area contributed by atoms with E-state index in [0.29, 0.717) is 24.1 Å². The van der Waals surface area contributed by atoms with Crippen molar-refractivity contribution in [3.63, 3.8) is 0 Å². The molecule has 100 valence electrons. The van der Waals surface area contributed by atoms with E-state index in [9.17, 15) is 4.79 Å². The third kappa shape index (κ3) is 4.10. The summed E-state index contributed by atoms with van der Waals surface area (Å²) in [6, 6.07) is 9.60. The molecular weight excluding hydrogens is 264 g/mol. The molecule has 2 rings (SSSR count). The van der Waals surface area contributed by atoms with E-state index in [1.807, 2.05) is 30.3 Å². The van der Waals surface area contributed by atoms with Crippen LogP contribution in [0.25, 0.3) is 11.4 Å². The van der Waals surface area contributed by atoms with Gasteiger partial charge in [-0.05, 0) is 6.92 Å². The summed E-state index contributed by atoms with van der Waals surface area (Å²) in [5.41, 5.74) is 0.910. The maximum absolute atomic E-state index is 11.2. The van der Waals surface area contributed by atoms with Gasteiger partial charge in [-0.1, -0.05) is 35.5 Å². The van der Waals surface area contributed by atoms with Crippen LogP contribution in [0.3, 0.4) is 0 Å². The van der Waals surface area contributed by atoms with Gasteiger partial charge < -0.3 is 9.26 Å². The Morgan fingerprint density at radius 3 is 2.89 bits per heavy atom. The lowest BCUT2D eigenvalue weighted by Crippen LogP contribution is -2.06. The first-order valence-corrected chi connectivity index (χ1v) is 7.06. The summed E-state index contributed by atoms with van der Waals surface area (Å²) in [4.78, 5) is 15.4. The number of hydrogen-bond acceptors (Lipinski definition) is 6. The molecule has 0 atom stereocenters. The first-order chi connectivity index (χ1) is 9.29. The number of esters is 1. The van der Waals surface area contributed by atoms with Crippen LogP contribution in [0.4, 0.5) is 0 Å². The summed E-state index contributed by atoms with van der Waals surface area (Å²) in [7, 11) is 0. The highest BCUT2D eigenvalue weighted by atomic mass is 32.2. The van der Waals surface area contributed by atoms with Gasteiger partial charge in [0, 0.05) is 5.56 Å². The summed E-state index contributed by atoms with van der Waals surface area (Å²) < 4.78 is 9.95. The Kier molecular flexibility index (Phi) is 4.97. The Hall–Kier alpha value is -1.82. The van der Waals surface area contributed by atoms with Gasteiger partial charge >= 0.3 is 5.97 Å². The zero-order valence-corrected chi connectivity index (χ0v) is 11.4. The van der Waals surface area contributed by atoms with E-state index in [0.717, 1.165) is 5.56 Å². The van der Waals surface area contributed by atoms with Gasteiger partial charge in [-0.3, -0.25) is 4.79 Å². The van der Waals surface area contributed by atoms with E-state index in [1.54, 1.807) is 6.92 Å². The van der Waals surface area contributed by atoms with Crippen molar-refractivity contribution in [3.8, 4) is 11.4 Å². The molecule has 0 bridgehead atoms. The molecule has 19 heavy (non-hydrogen) atoms. The molecular formula is C13H14N2O3S. The van der Waals surface area contributed by atoms with Crippen molar-refractivity contribution >= 4 is 17.7 Å². The molecule has 6 heteroatoms. The first kappa shape index (κ1) is 13.6. The van der Waals surface area contributed by atoms with Crippen LogP contribution in [-0.4, -0.2) is 28.5 Å². The quantitative estimate of drug-likeness (QED) is 0.756. The van der Waals surface area contributed by atoms with Gasteiger partial charge in [0.1, 0.15) is 0 Å². The number of ether oxygens (including phenoxy) is 1. The molecule has 1 aromatic heterocycles. The topological polar surface area (TPSA) is 65.2 Å². The average molecular weight is 278 g/mol. The first-order valence-electron chi connectivity index (χ1n) is 5.91. The Labute approximate surface area is 115 Å². The number of carbonyl (C=O) groups excluding carboxylic acids is 1. The lowest BCUT2D eigenvalue weighted by molar-refractivity contribution is -0.139. The number of carbonyl (C=O) groups is 1. The van der Waals surface area contributed by atoms with Crippen LogP contribution in [0, 0.1) is 0 Å². The number of nitrogens with zero attached hydrogens (tertiary/aromatic N) is 2. The predicted octanol–water partition coefficient (Wildman–Crippen LogP) is 2.53. The maximum atomic E-state index is 11.2. The smallest absolute Gasteiger partial charge is 0.315 e. The molecule has 2 aromatic rings. The van der Waals surface area contributed by atoms with Crippen molar-refractivity contribution < 1.29 is 14.1 Å². The third-order valence-corrected chi connectivity index (χ3v) is 3.14. The van der Waals surface area contributed by atoms with Crippen LogP contribution < -0.4 is 0 Å². The minimum Gasteiger partial charge on any atom is -0.465 e. The number of benzene rings is 1. The molecule has 0 N–H and O–H groups in total. The Balaban J connectivity index is 1.86. The lowest BCUT2D eigenvalue weighted by atomic mass is 10.2. The molecule has 0 aliphatic carbocycles. The molecule has 0 saturated carbocycles. The predicted molar refractivity (Wildman–Crippen MR) is 72.5 cm³/mol. The summed E-state index contributed by atoms with van der Waals surface area (Å²) >= 11 is 1.39. The Bertz CT molecular complexity index is 528. The van der Waals surface area contributed by atoms with Gasteiger partial charge in [0.15, 0.2) is 0 Å². The van der Waals surface area contributed by atoms with Gasteiger partial charge in [0.05, 0.1) is 18.1 Å². The van der Waals surface area contributed by atoms with Crippen molar-refractivity contribution in [2.45, 2.75) is 12.7 Å². The van der Waals surface area contributed by atoms with Crippen LogP contribution in [0.1, 0.15) is 12.8 Å². The SMILES string of the molecule is CCOC(=O)CSCc1nc(-c2ccccc2)no1. The second-order valence-electron chi connectivity index (χ2n) is 3.68. The molecule has 0 unspecified atom stereocenters. The van der Waals surface area contributed by atoms with Gasteiger partial charge in [-0.15, -0.1) is 11.8 Å². The van der Waals surface area contributed by atoms with Gasteiger partial charge in [-0.2, -0.15) is 4.98 Å². The lowest BCUT2D eigenvalue weighted by Gasteiger charge is -1.98. The van der Waals surface area contributed by atoms with Crippen molar-refractivity contribution in [2.75, 3.05) is 12.4 Å². The third-order valence-electron chi connectivity index (χ3n) is 2.25. The van der Waals surface area contributed by atoms with Crippen molar-refractivity contribution in [1.82, 2.24) is 10.1 Å². The van der Waals surface area contributed by atoms with E-state index >= 15 is 0 Å². The van der Waals surface area contributed by atoms with Gasteiger partial charge in [-0.25, -0.2) is 0 Å². The van der Waals surface area contributed by atoms with Crippen LogP contribution in [0.5, 0.6) is 0 Å². The van der Waals surface area contributed by atoms with Crippen LogP contribution in [0.15, 0.2) is 34.9 Å². The fraction of sp³-hybridized carbons (Fsp3) is 0.308. The molecule has 1 heterocycles. The molecule has 1 aromatic carbocycles. The Morgan fingerprint density at radius 2 is 2.16 bits per heavy atom. The molecule has 0 spiro atoms. The molecule has 0 aliphatic rings. The van der Waals surface area contributed by atoms with E-state index in [2.05, 4.69) is 10.1 Å². The monoisotopic (exact) mass is 278 g/mol. The van der Waals surface area contributed by atoms with Crippen LogP contribution in [-0.2, 0) is 15.3 Å². The van der Waals surface area contributed by atoms with Gasteiger partial charge in [0.25, 0.3) is 0 Å². The summed E-state index contributed by atoms with van der Waals surface area (Å²) in [5, 5.41) is 3.90. The highest BCUT2D eigenvalue weighted by Crippen LogP contribution is 2.17. The zero-order chi connectivity index (χ0) is 13.5. The number of rotatable bonds is 6. The number of thioether (sulfide) groups is 1. The number of hydrogen-bond donors (Lipinski definition) is 0. The summed E-state index contributed by atoms with van der Waals surface area (Å²) in [6.07, 6.45) is 0. The second kappa shape index (κ2) is 6.94. The van der Waals surface area contributed by atoms with Crippen molar-refractivity contribution in [2.24, 2.45) is 0 Å². The molecule has 0 amide bonds. The largest absolute Gasteiger partial charge is 0.465 e. The van der Waals surface area contributed by atoms with Gasteiger partial charge in [0.2, 0.25) is 11.7 Å². The molecule has 0 saturated heterocycles. The van der Waals surface area contributed by atoms with E-state index < -0.39 is 0 Å². The number of aromatic nitrogens is 2. The maximum Gasteiger partial charge on any atom is 0.315 e. The van der Waals surface area contributed by atoms with E-state index in [4.69, 9.17) is 9.26 Å².